The Hall–Kier alpha value is -0.300. The van der Waals surface area contributed by atoms with Crippen LogP contribution in [0.1, 0.15) is 6.92 Å². The van der Waals surface area contributed by atoms with E-state index in [1.54, 1.807) is 0 Å². The van der Waals surface area contributed by atoms with Gasteiger partial charge in [0.1, 0.15) is 0 Å². The van der Waals surface area contributed by atoms with E-state index in [1.165, 1.54) is 0 Å². The van der Waals surface area contributed by atoms with E-state index in [2.05, 4.69) is 0 Å². The lowest BCUT2D eigenvalue weighted by Crippen LogP contribution is -1.91. The van der Waals surface area contributed by atoms with Crippen LogP contribution in [0.5, 0.6) is 0 Å². The number of hydrogen-bond acceptors (Lipinski definition) is 9. The Labute approximate surface area is 75.7 Å². The fraction of sp³-hybridized carbons (Fsp3) is 1.00. The maximum atomic E-state index is 8.52. The second kappa shape index (κ2) is 8.31. The number of rotatable bonds is 0. The van der Waals surface area contributed by atoms with Crippen LogP contribution >= 0.6 is 0 Å². The highest BCUT2D eigenvalue weighted by Crippen LogP contribution is 1.58. The molecule has 0 amide bonds. The first-order valence-corrected chi connectivity index (χ1v) is 5.12. The third-order valence-corrected chi connectivity index (χ3v) is 0. The van der Waals surface area contributed by atoms with Crippen LogP contribution in [0.15, 0.2) is 0 Å². The van der Waals surface area contributed by atoms with E-state index < -0.39 is 20.8 Å². The molecule has 2 N–H and O–H groups in total. The maximum absolute atomic E-state index is 8.52. The van der Waals surface area contributed by atoms with E-state index in [1.807, 2.05) is 6.92 Å². The molecule has 0 aromatic heterocycles. The highest BCUT2D eigenvalue weighted by molar-refractivity contribution is 7.79. The molecule has 84 valence electrons. The molecule has 0 unspecified atom stereocenters. The predicted molar refractivity (Wildman–Crippen MR) is 35.7 cm³/mol. The minimum Gasteiger partial charge on any atom is -0.759 e. The second-order valence-electron chi connectivity index (χ2n) is 1.22. The summed E-state index contributed by atoms with van der Waals surface area (Å²) < 4.78 is 68.2. The van der Waals surface area contributed by atoms with Gasteiger partial charge in [0, 0.05) is 20.8 Å². The van der Waals surface area contributed by atoms with Crippen molar-refractivity contribution < 1.29 is 35.0 Å². The summed E-state index contributed by atoms with van der Waals surface area (Å²) in [6.07, 6.45) is 0. The van der Waals surface area contributed by atoms with Crippen LogP contribution in [-0.2, 0) is 20.8 Å². The first-order valence-electron chi connectivity index (χ1n) is 2.45. The lowest BCUT2D eigenvalue weighted by Gasteiger charge is -2.06. The van der Waals surface area contributed by atoms with Crippen molar-refractivity contribution in [1.82, 2.24) is 0 Å². The predicted octanol–water partition coefficient (Wildman–Crippen LogP) is -2.71. The Morgan fingerprint density at radius 2 is 0.923 bits per heavy atom. The average molecular weight is 237 g/mol. The highest BCUT2D eigenvalue weighted by atomic mass is 32.3. The van der Waals surface area contributed by atoms with Crippen LogP contribution in [0.2, 0.25) is 0 Å². The van der Waals surface area contributed by atoms with Gasteiger partial charge < -0.3 is 23.9 Å². The SMILES string of the molecule is CCN.O=S(=O)([O-])[O-].O=S(=O)([O-])[O-]. The standard InChI is InChI=1S/C2H7N.2H2O4S/c1-2-3;2*1-5(2,3)4/h2-3H2,1H3;2*(H2,1,2,3,4)/p-4. The summed E-state index contributed by atoms with van der Waals surface area (Å²) in [6.45, 7) is 2.65. The fourth-order valence-corrected chi connectivity index (χ4v) is 0. The van der Waals surface area contributed by atoms with E-state index in [9.17, 15) is 0 Å². The molecule has 0 rings (SSSR count). The minimum atomic E-state index is -5.17. The quantitative estimate of drug-likeness (QED) is 0.345. The number of hydrogen-bond donors (Lipinski definition) is 1. The first-order chi connectivity index (χ1) is 5.41. The van der Waals surface area contributed by atoms with E-state index in [0.29, 0.717) is 0 Å². The zero-order chi connectivity index (χ0) is 11.7. The van der Waals surface area contributed by atoms with E-state index >= 15 is 0 Å². The molecule has 0 heterocycles. The van der Waals surface area contributed by atoms with Crippen LogP contribution in [0.3, 0.4) is 0 Å². The van der Waals surface area contributed by atoms with Crippen molar-refractivity contribution in [3.8, 4) is 0 Å². The van der Waals surface area contributed by atoms with Gasteiger partial charge in [0.25, 0.3) is 0 Å². The summed E-state index contributed by atoms with van der Waals surface area (Å²) >= 11 is 0. The van der Waals surface area contributed by atoms with Crippen molar-refractivity contribution in [1.29, 1.82) is 0 Å². The van der Waals surface area contributed by atoms with Gasteiger partial charge in [0.15, 0.2) is 0 Å². The molecule has 0 saturated carbocycles. The maximum Gasteiger partial charge on any atom is 0.0311 e. The van der Waals surface area contributed by atoms with Crippen LogP contribution in [-0.4, -0.2) is 41.6 Å². The smallest absolute Gasteiger partial charge is 0.0311 e. The normalized spacial score (nSPS) is 10.3. The zero-order valence-corrected chi connectivity index (χ0v) is 8.00. The summed E-state index contributed by atoms with van der Waals surface area (Å²) in [6, 6.07) is 0. The Bertz CT molecular complexity index is 229. The Kier molecular flexibility index (Phi) is 11.8. The van der Waals surface area contributed by atoms with E-state index in [-0.39, 0.29) is 0 Å². The van der Waals surface area contributed by atoms with Gasteiger partial charge >= 0.3 is 0 Å². The van der Waals surface area contributed by atoms with Crippen LogP contribution in [0, 0.1) is 0 Å². The van der Waals surface area contributed by atoms with Gasteiger partial charge in [-0.2, -0.15) is 0 Å². The third kappa shape index (κ3) is 12200. The molecule has 0 atom stereocenters. The van der Waals surface area contributed by atoms with Crippen molar-refractivity contribution in [3.05, 3.63) is 0 Å². The van der Waals surface area contributed by atoms with Gasteiger partial charge in [-0.15, -0.1) is 0 Å². The van der Waals surface area contributed by atoms with Crippen LogP contribution in [0.4, 0.5) is 0 Å². The third-order valence-electron chi connectivity index (χ3n) is 0. The van der Waals surface area contributed by atoms with Crippen molar-refractivity contribution >= 4 is 20.8 Å². The lowest BCUT2D eigenvalue weighted by atomic mass is 10.8. The highest BCUT2D eigenvalue weighted by Gasteiger charge is 1.50. The first kappa shape index (κ1) is 18.5. The molecule has 0 aliphatic carbocycles. The van der Waals surface area contributed by atoms with Crippen LogP contribution < -0.4 is 5.73 Å². The molecule has 0 aromatic carbocycles. The molecule has 0 fully saturated rings. The van der Waals surface area contributed by atoms with Crippen molar-refractivity contribution in [3.63, 3.8) is 0 Å². The van der Waals surface area contributed by atoms with Gasteiger partial charge in [0.05, 0.1) is 0 Å². The van der Waals surface area contributed by atoms with E-state index in [0.717, 1.165) is 6.54 Å². The molecule has 0 aromatic rings. The summed E-state index contributed by atoms with van der Waals surface area (Å²) in [5.41, 5.74) is 4.85. The molecule has 0 spiro atoms. The summed E-state index contributed by atoms with van der Waals surface area (Å²) in [7, 11) is -10.3. The molecule has 0 saturated heterocycles. The minimum absolute atomic E-state index is 0.750. The Morgan fingerprint density at radius 1 is 0.923 bits per heavy atom. The molecule has 0 aliphatic heterocycles. The molecule has 11 heteroatoms. The summed E-state index contributed by atoms with van der Waals surface area (Å²) in [5, 5.41) is 0. The number of nitrogens with two attached hydrogens (primary N) is 1. The molecule has 0 bridgehead atoms. The Balaban J connectivity index is -0.000000120. The van der Waals surface area contributed by atoms with Crippen LogP contribution in [0.25, 0.3) is 0 Å². The average Bonchev–Trinajstić information content (AvgIpc) is 1.52. The largest absolute Gasteiger partial charge is 0.759 e. The van der Waals surface area contributed by atoms with Crippen molar-refractivity contribution in [2.45, 2.75) is 6.92 Å². The molecule has 0 radical (unpaired) electrons. The molecular formula is C2H7NO8S2-4. The molecular weight excluding hydrogens is 230 g/mol. The second-order valence-corrected chi connectivity index (χ2v) is 2.86. The Morgan fingerprint density at radius 3 is 0.923 bits per heavy atom. The zero-order valence-electron chi connectivity index (χ0n) is 6.37. The van der Waals surface area contributed by atoms with Gasteiger partial charge in [-0.1, -0.05) is 6.92 Å². The van der Waals surface area contributed by atoms with Gasteiger partial charge in [-0.05, 0) is 6.54 Å². The fourth-order valence-electron chi connectivity index (χ4n) is 0. The van der Waals surface area contributed by atoms with Gasteiger partial charge in [0.2, 0.25) is 0 Å². The van der Waals surface area contributed by atoms with Crippen molar-refractivity contribution in [2.24, 2.45) is 5.73 Å². The molecule has 0 aliphatic rings. The van der Waals surface area contributed by atoms with Crippen molar-refractivity contribution in [2.75, 3.05) is 6.54 Å². The molecule has 9 nitrogen and oxygen atoms in total. The molecule has 13 heavy (non-hydrogen) atoms. The monoisotopic (exact) mass is 237 g/mol. The topological polar surface area (TPSA) is 187 Å². The van der Waals surface area contributed by atoms with Gasteiger partial charge in [-0.25, -0.2) is 0 Å². The summed E-state index contributed by atoms with van der Waals surface area (Å²) in [4.78, 5) is 0. The summed E-state index contributed by atoms with van der Waals surface area (Å²) in [5.74, 6) is 0. The van der Waals surface area contributed by atoms with E-state index in [4.69, 9.17) is 40.8 Å². The lowest BCUT2D eigenvalue weighted by molar-refractivity contribution is 0.350. The van der Waals surface area contributed by atoms with Gasteiger partial charge in [-0.3, -0.25) is 16.8 Å².